The molecule has 2 aromatic carbocycles. The zero-order chi connectivity index (χ0) is 12.0. The van der Waals surface area contributed by atoms with E-state index in [1.165, 1.54) is 12.1 Å². The summed E-state index contributed by atoms with van der Waals surface area (Å²) in [5.41, 5.74) is 10.8. The Kier molecular flexibility index (Phi) is 1.88. The first-order valence-electron chi connectivity index (χ1n) is 4.38. The Balaban J connectivity index is 3.03. The molecule has 0 aliphatic carbocycles. The van der Waals surface area contributed by atoms with Gasteiger partial charge in [0, 0.05) is 5.39 Å². The highest BCUT2D eigenvalue weighted by Crippen LogP contribution is 2.46. The highest BCUT2D eigenvalue weighted by atomic mass is 16.3. The van der Waals surface area contributed by atoms with E-state index < -0.39 is 23.0 Å². The van der Waals surface area contributed by atoms with Crippen molar-refractivity contribution < 1.29 is 20.4 Å². The van der Waals surface area contributed by atoms with Crippen LogP contribution in [0.2, 0.25) is 0 Å². The van der Waals surface area contributed by atoms with Crippen molar-refractivity contribution in [2.24, 2.45) is 0 Å². The Labute approximate surface area is 90.0 Å². The van der Waals surface area contributed by atoms with Crippen LogP contribution < -0.4 is 11.5 Å². The maximum Gasteiger partial charge on any atom is 0.181 e. The molecular weight excluding hydrogens is 212 g/mol. The number of hydrogen-bond donors (Lipinski definition) is 6. The zero-order valence-corrected chi connectivity index (χ0v) is 8.10. The third-order valence-corrected chi connectivity index (χ3v) is 2.41. The fourth-order valence-electron chi connectivity index (χ4n) is 1.59. The lowest BCUT2D eigenvalue weighted by Gasteiger charge is -2.11. The number of fused-ring (bicyclic) bond motifs is 1. The number of anilines is 2. The average molecular weight is 222 g/mol. The Bertz CT molecular complexity index is 547. The van der Waals surface area contributed by atoms with Crippen molar-refractivity contribution in [2.75, 3.05) is 11.5 Å². The van der Waals surface area contributed by atoms with Crippen molar-refractivity contribution in [2.45, 2.75) is 0 Å². The van der Waals surface area contributed by atoms with Gasteiger partial charge in [0.15, 0.2) is 23.0 Å². The van der Waals surface area contributed by atoms with Crippen molar-refractivity contribution in [1.82, 2.24) is 0 Å². The number of phenols is 4. The quantitative estimate of drug-likeness (QED) is 0.289. The molecule has 6 heteroatoms. The first-order valence-corrected chi connectivity index (χ1v) is 4.38. The van der Waals surface area contributed by atoms with E-state index in [0.717, 1.165) is 0 Å². The Morgan fingerprint density at radius 2 is 1.12 bits per heavy atom. The monoisotopic (exact) mass is 222 g/mol. The standard InChI is InChI=1S/C10H10N2O4/c11-7-6-3(1-4(13)9(7)15)2-5(14)10(16)8(6)12/h1-2,13-16H,11-12H2. The molecule has 0 saturated carbocycles. The summed E-state index contributed by atoms with van der Waals surface area (Å²) >= 11 is 0. The number of hydrogen-bond acceptors (Lipinski definition) is 6. The third-order valence-electron chi connectivity index (χ3n) is 2.41. The number of aromatic hydroxyl groups is 4. The molecule has 0 atom stereocenters. The van der Waals surface area contributed by atoms with E-state index in [1.54, 1.807) is 0 Å². The lowest BCUT2D eigenvalue weighted by molar-refractivity contribution is 0.404. The molecule has 0 bridgehead atoms. The second-order valence-corrected chi connectivity index (χ2v) is 3.41. The summed E-state index contributed by atoms with van der Waals surface area (Å²) in [5.74, 6) is -1.86. The van der Waals surface area contributed by atoms with E-state index in [2.05, 4.69) is 0 Å². The normalized spacial score (nSPS) is 10.8. The summed E-state index contributed by atoms with van der Waals surface area (Å²) in [4.78, 5) is 0. The summed E-state index contributed by atoms with van der Waals surface area (Å²) in [7, 11) is 0. The van der Waals surface area contributed by atoms with Gasteiger partial charge in [-0.15, -0.1) is 0 Å². The van der Waals surface area contributed by atoms with Gasteiger partial charge in [0.1, 0.15) is 0 Å². The molecule has 6 nitrogen and oxygen atoms in total. The number of phenolic OH excluding ortho intramolecular Hbond substituents is 4. The van der Waals surface area contributed by atoms with Crippen LogP contribution in [0.25, 0.3) is 10.8 Å². The van der Waals surface area contributed by atoms with Gasteiger partial charge in [-0.25, -0.2) is 0 Å². The fraction of sp³-hybridized carbons (Fsp3) is 0. The maximum atomic E-state index is 9.41. The van der Waals surface area contributed by atoms with Crippen molar-refractivity contribution in [1.29, 1.82) is 0 Å². The molecule has 0 unspecified atom stereocenters. The predicted octanol–water partition coefficient (Wildman–Crippen LogP) is 0.827. The molecule has 0 radical (unpaired) electrons. The number of nitrogen functional groups attached to an aromatic ring is 2. The Morgan fingerprint density at radius 3 is 1.50 bits per heavy atom. The fourth-order valence-corrected chi connectivity index (χ4v) is 1.59. The van der Waals surface area contributed by atoms with Crippen molar-refractivity contribution in [3.05, 3.63) is 12.1 Å². The van der Waals surface area contributed by atoms with Gasteiger partial charge in [-0.1, -0.05) is 0 Å². The minimum absolute atomic E-state index is 0.150. The summed E-state index contributed by atoms with van der Waals surface area (Å²) < 4.78 is 0. The van der Waals surface area contributed by atoms with Gasteiger partial charge in [-0.05, 0) is 17.5 Å². The minimum atomic E-state index is -0.510. The molecule has 16 heavy (non-hydrogen) atoms. The van der Waals surface area contributed by atoms with Gasteiger partial charge in [-0.3, -0.25) is 0 Å². The van der Waals surface area contributed by atoms with Gasteiger partial charge in [-0.2, -0.15) is 0 Å². The van der Waals surface area contributed by atoms with Crippen LogP contribution in [0.5, 0.6) is 23.0 Å². The molecule has 0 fully saturated rings. The SMILES string of the molecule is Nc1c(O)c(O)cc2cc(O)c(O)c(N)c12. The second-order valence-electron chi connectivity index (χ2n) is 3.41. The van der Waals surface area contributed by atoms with E-state index in [0.29, 0.717) is 5.39 Å². The molecule has 0 aromatic heterocycles. The first kappa shape index (κ1) is 10.0. The molecule has 0 amide bonds. The van der Waals surface area contributed by atoms with Gasteiger partial charge >= 0.3 is 0 Å². The van der Waals surface area contributed by atoms with Crippen LogP contribution in [0.1, 0.15) is 0 Å². The molecule has 0 aliphatic heterocycles. The summed E-state index contributed by atoms with van der Waals surface area (Å²) in [5, 5.41) is 38.0. The van der Waals surface area contributed by atoms with E-state index in [9.17, 15) is 20.4 Å². The van der Waals surface area contributed by atoms with E-state index in [-0.39, 0.29) is 16.8 Å². The maximum absolute atomic E-state index is 9.41. The molecule has 84 valence electrons. The van der Waals surface area contributed by atoms with Crippen LogP contribution in [-0.4, -0.2) is 20.4 Å². The van der Waals surface area contributed by atoms with E-state index in [1.807, 2.05) is 0 Å². The summed E-state index contributed by atoms with van der Waals surface area (Å²) in [6.07, 6.45) is 0. The molecule has 0 aliphatic rings. The smallest absolute Gasteiger partial charge is 0.181 e. The third kappa shape index (κ3) is 1.13. The predicted molar refractivity (Wildman–Crippen MR) is 59.4 cm³/mol. The van der Waals surface area contributed by atoms with Crippen LogP contribution in [0.15, 0.2) is 12.1 Å². The number of benzene rings is 2. The van der Waals surface area contributed by atoms with Crippen molar-refractivity contribution >= 4 is 22.1 Å². The van der Waals surface area contributed by atoms with Crippen LogP contribution in [0.4, 0.5) is 11.4 Å². The van der Waals surface area contributed by atoms with E-state index in [4.69, 9.17) is 11.5 Å². The van der Waals surface area contributed by atoms with Crippen molar-refractivity contribution in [3.63, 3.8) is 0 Å². The Hall–Kier alpha value is -2.50. The largest absolute Gasteiger partial charge is 0.504 e. The van der Waals surface area contributed by atoms with Crippen LogP contribution >= 0.6 is 0 Å². The molecular formula is C10H10N2O4. The van der Waals surface area contributed by atoms with E-state index >= 15 is 0 Å². The van der Waals surface area contributed by atoms with Gasteiger partial charge in [0.25, 0.3) is 0 Å². The van der Waals surface area contributed by atoms with Gasteiger partial charge < -0.3 is 31.9 Å². The van der Waals surface area contributed by atoms with Crippen LogP contribution in [0.3, 0.4) is 0 Å². The highest BCUT2D eigenvalue weighted by molar-refractivity contribution is 6.08. The zero-order valence-electron chi connectivity index (χ0n) is 8.10. The highest BCUT2D eigenvalue weighted by Gasteiger charge is 2.16. The van der Waals surface area contributed by atoms with Crippen molar-refractivity contribution in [3.8, 4) is 23.0 Å². The second kappa shape index (κ2) is 2.99. The number of rotatable bonds is 0. The van der Waals surface area contributed by atoms with Gasteiger partial charge in [0.2, 0.25) is 0 Å². The molecule has 0 spiro atoms. The summed E-state index contributed by atoms with van der Waals surface area (Å²) in [6, 6.07) is 2.38. The van der Waals surface area contributed by atoms with Crippen LogP contribution in [-0.2, 0) is 0 Å². The minimum Gasteiger partial charge on any atom is -0.504 e. The molecule has 2 aromatic rings. The average Bonchev–Trinajstić information content (AvgIpc) is 2.23. The molecule has 2 rings (SSSR count). The molecule has 8 N–H and O–H groups in total. The Morgan fingerprint density at radius 1 is 0.750 bits per heavy atom. The van der Waals surface area contributed by atoms with Crippen LogP contribution in [0, 0.1) is 0 Å². The van der Waals surface area contributed by atoms with Gasteiger partial charge in [0.05, 0.1) is 11.4 Å². The summed E-state index contributed by atoms with van der Waals surface area (Å²) in [6.45, 7) is 0. The molecule has 0 heterocycles. The lowest BCUT2D eigenvalue weighted by atomic mass is 10.0. The first-order chi connectivity index (χ1) is 7.43. The number of nitrogens with two attached hydrogens (primary N) is 2. The lowest BCUT2D eigenvalue weighted by Crippen LogP contribution is -1.94. The topological polar surface area (TPSA) is 133 Å². The molecule has 0 saturated heterocycles.